The zero-order valence-electron chi connectivity index (χ0n) is 11.3. The summed E-state index contributed by atoms with van der Waals surface area (Å²) in [4.78, 5) is 26.5. The molecular formula is C14H15ClN2O3. The molecule has 5 nitrogen and oxygen atoms in total. The first-order chi connectivity index (χ1) is 9.56. The molecule has 1 N–H and O–H groups in total. The fourth-order valence-corrected chi connectivity index (χ4v) is 2.24. The van der Waals surface area contributed by atoms with Crippen molar-refractivity contribution < 1.29 is 4.74 Å². The van der Waals surface area contributed by atoms with Crippen molar-refractivity contribution in [1.29, 1.82) is 0 Å². The molecule has 0 aliphatic carbocycles. The number of aromatic amines is 1. The third kappa shape index (κ3) is 2.77. The lowest BCUT2D eigenvalue weighted by Gasteiger charge is -2.08. The first-order valence-corrected chi connectivity index (χ1v) is 6.59. The molecule has 0 bridgehead atoms. The van der Waals surface area contributed by atoms with Crippen LogP contribution in [0.15, 0.2) is 33.9 Å². The molecule has 0 unspecified atom stereocenters. The second kappa shape index (κ2) is 5.96. The maximum Gasteiger partial charge on any atom is 0.329 e. The van der Waals surface area contributed by atoms with Gasteiger partial charge in [0, 0.05) is 0 Å². The molecule has 106 valence electrons. The molecular weight excluding hydrogens is 280 g/mol. The summed E-state index contributed by atoms with van der Waals surface area (Å²) in [6.07, 6.45) is 0.469. The number of nitrogens with one attached hydrogen (secondary N) is 1. The highest BCUT2D eigenvalue weighted by atomic mass is 35.5. The van der Waals surface area contributed by atoms with E-state index in [0.717, 1.165) is 15.9 Å². The Bertz CT molecular complexity index is 717. The van der Waals surface area contributed by atoms with Crippen LogP contribution in [-0.4, -0.2) is 16.7 Å². The molecule has 2 aromatic rings. The summed E-state index contributed by atoms with van der Waals surface area (Å²) < 4.78 is 6.21. The molecule has 0 aliphatic rings. The fourth-order valence-electron chi connectivity index (χ4n) is 1.95. The molecule has 20 heavy (non-hydrogen) atoms. The first kappa shape index (κ1) is 14.4. The van der Waals surface area contributed by atoms with Crippen LogP contribution in [-0.2, 0) is 13.0 Å². The number of aromatic nitrogens is 2. The van der Waals surface area contributed by atoms with Crippen molar-refractivity contribution >= 4 is 11.6 Å². The normalized spacial score (nSPS) is 10.6. The highest BCUT2D eigenvalue weighted by Gasteiger charge is 2.11. The molecule has 0 amide bonds. The lowest BCUT2D eigenvalue weighted by atomic mass is 10.2. The Morgan fingerprint density at radius 3 is 2.45 bits per heavy atom. The molecule has 1 aromatic heterocycles. The van der Waals surface area contributed by atoms with Gasteiger partial charge >= 0.3 is 5.69 Å². The lowest BCUT2D eigenvalue weighted by Crippen LogP contribution is -2.37. The van der Waals surface area contributed by atoms with Gasteiger partial charge in [-0.2, -0.15) is 0 Å². The van der Waals surface area contributed by atoms with Gasteiger partial charge in [0.05, 0.1) is 19.2 Å². The number of H-pyrrole nitrogens is 1. The molecule has 6 heteroatoms. The number of methoxy groups -OCH3 is 1. The van der Waals surface area contributed by atoms with Gasteiger partial charge in [-0.3, -0.25) is 14.3 Å². The van der Waals surface area contributed by atoms with Crippen LogP contribution in [0.1, 0.15) is 18.1 Å². The van der Waals surface area contributed by atoms with Crippen LogP contribution >= 0.6 is 11.6 Å². The Labute approximate surface area is 120 Å². The minimum absolute atomic E-state index is 0.119. The number of rotatable bonds is 4. The van der Waals surface area contributed by atoms with Gasteiger partial charge in [-0.25, -0.2) is 4.79 Å². The van der Waals surface area contributed by atoms with Gasteiger partial charge in [0.15, 0.2) is 0 Å². The zero-order chi connectivity index (χ0) is 14.7. The van der Waals surface area contributed by atoms with Gasteiger partial charge in [0.2, 0.25) is 0 Å². The summed E-state index contributed by atoms with van der Waals surface area (Å²) in [5.74, 6) is 0.723. The van der Waals surface area contributed by atoms with Crippen LogP contribution in [0, 0.1) is 0 Å². The Hall–Kier alpha value is -2.01. The number of ether oxygens (including phenoxy) is 1. The minimum atomic E-state index is -0.506. The molecule has 0 atom stereocenters. The molecule has 2 rings (SSSR count). The van der Waals surface area contributed by atoms with Crippen molar-refractivity contribution in [3.8, 4) is 5.75 Å². The van der Waals surface area contributed by atoms with Crippen molar-refractivity contribution in [1.82, 2.24) is 9.55 Å². The highest BCUT2D eigenvalue weighted by Crippen LogP contribution is 2.12. The average Bonchev–Trinajstić information content (AvgIpc) is 2.44. The molecule has 0 fully saturated rings. The molecule has 1 aromatic carbocycles. The monoisotopic (exact) mass is 294 g/mol. The number of hydrogen-bond acceptors (Lipinski definition) is 3. The number of halogens is 1. The number of benzene rings is 1. The molecule has 0 saturated carbocycles. The van der Waals surface area contributed by atoms with E-state index in [1.165, 1.54) is 0 Å². The van der Waals surface area contributed by atoms with Crippen LogP contribution in [0.4, 0.5) is 0 Å². The summed E-state index contributed by atoms with van der Waals surface area (Å²) in [6, 6.07) is 7.19. The molecule has 0 aliphatic heterocycles. The van der Waals surface area contributed by atoms with Crippen molar-refractivity contribution in [2.24, 2.45) is 0 Å². The van der Waals surface area contributed by atoms with Gasteiger partial charge in [-0.05, 0) is 24.1 Å². The summed E-state index contributed by atoms with van der Waals surface area (Å²) >= 11 is 5.86. The Balaban J connectivity index is 2.43. The van der Waals surface area contributed by atoms with Crippen molar-refractivity contribution in [2.75, 3.05) is 7.11 Å². The minimum Gasteiger partial charge on any atom is -0.497 e. The summed E-state index contributed by atoms with van der Waals surface area (Å²) in [5, 5.41) is 0.119. The van der Waals surface area contributed by atoms with Gasteiger partial charge in [0.25, 0.3) is 5.56 Å². The standard InChI is InChI=1S/C14H15ClN2O3/c1-3-11-12(15)16-14(19)17(13(11)18)8-9-4-6-10(20-2)7-5-9/h4-7H,3,8H2,1-2H3,(H,16,19). The van der Waals surface area contributed by atoms with Crippen LogP contribution < -0.4 is 16.0 Å². The average molecular weight is 295 g/mol. The number of nitrogens with zero attached hydrogens (tertiary/aromatic N) is 1. The maximum atomic E-state index is 12.2. The van der Waals surface area contributed by atoms with E-state index in [4.69, 9.17) is 16.3 Å². The van der Waals surface area contributed by atoms with Crippen molar-refractivity contribution in [3.63, 3.8) is 0 Å². The Morgan fingerprint density at radius 2 is 1.90 bits per heavy atom. The van der Waals surface area contributed by atoms with E-state index in [2.05, 4.69) is 4.98 Å². The third-order valence-electron chi connectivity index (χ3n) is 3.08. The van der Waals surface area contributed by atoms with E-state index in [-0.39, 0.29) is 17.3 Å². The van der Waals surface area contributed by atoms with Gasteiger partial charge in [-0.1, -0.05) is 30.7 Å². The van der Waals surface area contributed by atoms with E-state index >= 15 is 0 Å². The van der Waals surface area contributed by atoms with E-state index < -0.39 is 5.69 Å². The van der Waals surface area contributed by atoms with Crippen LogP contribution in [0.2, 0.25) is 5.15 Å². The molecule has 0 saturated heterocycles. The van der Waals surface area contributed by atoms with Gasteiger partial charge in [0.1, 0.15) is 10.9 Å². The van der Waals surface area contributed by atoms with E-state index in [1.807, 2.05) is 19.1 Å². The lowest BCUT2D eigenvalue weighted by molar-refractivity contribution is 0.414. The summed E-state index contributed by atoms with van der Waals surface area (Å²) in [6.45, 7) is 2.01. The second-order valence-corrected chi connectivity index (χ2v) is 4.69. The number of hydrogen-bond donors (Lipinski definition) is 1. The summed E-state index contributed by atoms with van der Waals surface area (Å²) in [7, 11) is 1.58. The van der Waals surface area contributed by atoms with Crippen LogP contribution in [0.25, 0.3) is 0 Å². The summed E-state index contributed by atoms with van der Waals surface area (Å²) in [5.41, 5.74) is 0.396. The SMILES string of the molecule is CCc1c(Cl)[nH]c(=O)n(Cc2ccc(OC)cc2)c1=O. The maximum absolute atomic E-state index is 12.2. The highest BCUT2D eigenvalue weighted by molar-refractivity contribution is 6.30. The quantitative estimate of drug-likeness (QED) is 0.875. The van der Waals surface area contributed by atoms with E-state index in [1.54, 1.807) is 19.2 Å². The zero-order valence-corrected chi connectivity index (χ0v) is 12.0. The Morgan fingerprint density at radius 1 is 1.25 bits per heavy atom. The molecule has 1 heterocycles. The van der Waals surface area contributed by atoms with E-state index in [9.17, 15) is 9.59 Å². The smallest absolute Gasteiger partial charge is 0.329 e. The van der Waals surface area contributed by atoms with Gasteiger partial charge in [-0.15, -0.1) is 0 Å². The molecule has 0 radical (unpaired) electrons. The third-order valence-corrected chi connectivity index (χ3v) is 3.41. The predicted octanol–water partition coefficient (Wildman–Crippen LogP) is 1.81. The topological polar surface area (TPSA) is 64.1 Å². The van der Waals surface area contributed by atoms with Crippen LogP contribution in [0.3, 0.4) is 0 Å². The predicted molar refractivity (Wildman–Crippen MR) is 77.8 cm³/mol. The molecule has 0 spiro atoms. The van der Waals surface area contributed by atoms with Gasteiger partial charge < -0.3 is 4.74 Å². The van der Waals surface area contributed by atoms with Crippen molar-refractivity contribution in [3.05, 3.63) is 61.4 Å². The van der Waals surface area contributed by atoms with Crippen LogP contribution in [0.5, 0.6) is 5.75 Å². The second-order valence-electron chi connectivity index (χ2n) is 4.32. The first-order valence-electron chi connectivity index (χ1n) is 6.21. The van der Waals surface area contributed by atoms with Crippen molar-refractivity contribution in [2.45, 2.75) is 19.9 Å². The Kier molecular flexibility index (Phi) is 4.29. The largest absolute Gasteiger partial charge is 0.497 e. The van der Waals surface area contributed by atoms with E-state index in [0.29, 0.717) is 12.0 Å². The fraction of sp³-hybridized carbons (Fsp3) is 0.286.